The molecule has 10 heteroatoms. The van der Waals surface area contributed by atoms with Crippen molar-refractivity contribution in [3.05, 3.63) is 52.5 Å². The fourth-order valence-electron chi connectivity index (χ4n) is 2.56. The molecule has 3 rings (SSSR count). The zero-order valence-corrected chi connectivity index (χ0v) is 16.6. The number of sulfonamides is 1. The van der Waals surface area contributed by atoms with E-state index in [1.165, 1.54) is 46.8 Å². The highest BCUT2D eigenvalue weighted by atomic mass is 35.5. The Labute approximate surface area is 162 Å². The van der Waals surface area contributed by atoms with Crippen LogP contribution in [-0.2, 0) is 20.1 Å². The molecule has 0 N–H and O–H groups in total. The summed E-state index contributed by atoms with van der Waals surface area (Å²) in [5.41, 5.74) is 0. The van der Waals surface area contributed by atoms with Crippen LogP contribution in [0, 0.1) is 0 Å². The summed E-state index contributed by atoms with van der Waals surface area (Å²) in [6.45, 7) is 0.950. The van der Waals surface area contributed by atoms with Crippen LogP contribution in [0.5, 0.6) is 5.75 Å². The van der Waals surface area contributed by atoms with Crippen molar-refractivity contribution < 1.29 is 21.0 Å². The minimum absolute atomic E-state index is 0.00756. The van der Waals surface area contributed by atoms with Crippen LogP contribution in [0.15, 0.2) is 52.3 Å². The lowest BCUT2D eigenvalue weighted by atomic mass is 10.3. The van der Waals surface area contributed by atoms with E-state index in [0.29, 0.717) is 13.1 Å². The largest absolute Gasteiger partial charge is 0.379 e. The van der Waals surface area contributed by atoms with Crippen molar-refractivity contribution in [2.45, 2.75) is 22.6 Å². The van der Waals surface area contributed by atoms with E-state index in [1.807, 2.05) is 0 Å². The van der Waals surface area contributed by atoms with Gasteiger partial charge >= 0.3 is 10.1 Å². The van der Waals surface area contributed by atoms with Gasteiger partial charge in [0.1, 0.15) is 10.6 Å². The molecule has 2 aromatic carbocycles. The van der Waals surface area contributed by atoms with Crippen molar-refractivity contribution in [1.29, 1.82) is 0 Å². The molecule has 26 heavy (non-hydrogen) atoms. The van der Waals surface area contributed by atoms with Crippen LogP contribution < -0.4 is 4.18 Å². The van der Waals surface area contributed by atoms with Gasteiger partial charge in [-0.1, -0.05) is 23.2 Å². The maximum atomic E-state index is 12.5. The molecule has 1 heterocycles. The Morgan fingerprint density at radius 2 is 1.38 bits per heavy atom. The molecule has 0 radical (unpaired) electrons. The van der Waals surface area contributed by atoms with Gasteiger partial charge in [0.15, 0.2) is 0 Å². The molecule has 0 aromatic heterocycles. The normalized spacial score (nSPS) is 15.9. The van der Waals surface area contributed by atoms with Crippen molar-refractivity contribution in [2.75, 3.05) is 13.1 Å². The number of halogens is 2. The molecular formula is C16H15Cl2NO5S2. The van der Waals surface area contributed by atoms with Crippen molar-refractivity contribution >= 4 is 43.3 Å². The van der Waals surface area contributed by atoms with Crippen LogP contribution in [0.3, 0.4) is 0 Å². The Kier molecular flexibility index (Phi) is 5.50. The Balaban J connectivity index is 1.83. The van der Waals surface area contributed by atoms with Crippen LogP contribution in [0.1, 0.15) is 12.8 Å². The first-order valence-corrected chi connectivity index (χ1v) is 11.3. The predicted octanol–water partition coefficient (Wildman–Crippen LogP) is 3.55. The number of benzene rings is 2. The zero-order valence-electron chi connectivity index (χ0n) is 13.4. The highest BCUT2D eigenvalue weighted by Crippen LogP contribution is 2.29. The van der Waals surface area contributed by atoms with Gasteiger partial charge < -0.3 is 4.18 Å². The first-order chi connectivity index (χ1) is 12.2. The van der Waals surface area contributed by atoms with Gasteiger partial charge in [0.05, 0.1) is 14.9 Å². The molecule has 0 amide bonds. The Morgan fingerprint density at radius 3 is 1.96 bits per heavy atom. The average molecular weight is 436 g/mol. The number of hydrogen-bond donors (Lipinski definition) is 0. The van der Waals surface area contributed by atoms with E-state index in [4.69, 9.17) is 27.4 Å². The summed E-state index contributed by atoms with van der Waals surface area (Å²) >= 11 is 11.6. The molecule has 6 nitrogen and oxygen atoms in total. The molecule has 1 aliphatic heterocycles. The van der Waals surface area contributed by atoms with Gasteiger partial charge in [-0.3, -0.25) is 0 Å². The molecule has 0 unspecified atom stereocenters. The Hall–Kier alpha value is -1.32. The van der Waals surface area contributed by atoms with E-state index >= 15 is 0 Å². The molecule has 1 aliphatic rings. The first-order valence-electron chi connectivity index (χ1n) is 7.70. The van der Waals surface area contributed by atoms with Gasteiger partial charge in [-0.05, 0) is 49.2 Å². The highest BCUT2D eigenvalue weighted by Gasteiger charge is 2.27. The van der Waals surface area contributed by atoms with Gasteiger partial charge in [-0.25, -0.2) is 8.42 Å². The van der Waals surface area contributed by atoms with E-state index < -0.39 is 20.1 Å². The number of nitrogens with zero attached hydrogens (tertiary/aromatic N) is 1. The molecule has 1 fully saturated rings. The molecule has 0 atom stereocenters. The van der Waals surface area contributed by atoms with E-state index in [2.05, 4.69) is 0 Å². The molecule has 1 saturated heterocycles. The van der Waals surface area contributed by atoms with E-state index in [0.717, 1.165) is 12.8 Å². The standard InChI is InChI=1S/C16H15Cl2NO5S2/c17-15-8-3-12(11-16(15)18)24-26(22,23)14-6-4-13(5-7-14)25(20,21)19-9-1-2-10-19/h3-8,11H,1-2,9-10H2. The van der Waals surface area contributed by atoms with E-state index in [1.54, 1.807) is 0 Å². The molecular weight excluding hydrogens is 421 g/mol. The minimum Gasteiger partial charge on any atom is -0.379 e. The lowest BCUT2D eigenvalue weighted by Gasteiger charge is -2.15. The van der Waals surface area contributed by atoms with Gasteiger partial charge in [-0.2, -0.15) is 12.7 Å². The highest BCUT2D eigenvalue weighted by molar-refractivity contribution is 7.89. The molecule has 0 bridgehead atoms. The first kappa shape index (κ1) is 19.4. The van der Waals surface area contributed by atoms with Gasteiger partial charge in [0, 0.05) is 19.2 Å². The maximum Gasteiger partial charge on any atom is 0.339 e. The monoisotopic (exact) mass is 435 g/mol. The summed E-state index contributed by atoms with van der Waals surface area (Å²) in [5.74, 6) is 0.00756. The Morgan fingerprint density at radius 1 is 0.808 bits per heavy atom. The zero-order chi connectivity index (χ0) is 18.9. The minimum atomic E-state index is -4.13. The third-order valence-corrected chi connectivity index (χ3v) is 7.83. The second-order valence-corrected chi connectivity index (χ2v) is 9.99. The molecule has 2 aromatic rings. The topological polar surface area (TPSA) is 80.8 Å². The molecule has 0 saturated carbocycles. The number of rotatable bonds is 5. The van der Waals surface area contributed by atoms with Crippen molar-refractivity contribution in [3.8, 4) is 5.75 Å². The summed E-state index contributed by atoms with van der Waals surface area (Å²) in [7, 11) is -7.74. The summed E-state index contributed by atoms with van der Waals surface area (Å²) in [6, 6.07) is 9.01. The lowest BCUT2D eigenvalue weighted by molar-refractivity contribution is 0.476. The van der Waals surface area contributed by atoms with Crippen molar-refractivity contribution in [3.63, 3.8) is 0 Å². The lowest BCUT2D eigenvalue weighted by Crippen LogP contribution is -2.27. The smallest absolute Gasteiger partial charge is 0.339 e. The number of hydrogen-bond acceptors (Lipinski definition) is 5. The van der Waals surface area contributed by atoms with Gasteiger partial charge in [0.25, 0.3) is 0 Å². The summed E-state index contributed by atoms with van der Waals surface area (Å²) in [4.78, 5) is -0.114. The van der Waals surface area contributed by atoms with Gasteiger partial charge in [-0.15, -0.1) is 0 Å². The second-order valence-electron chi connectivity index (χ2n) is 5.70. The van der Waals surface area contributed by atoms with Crippen LogP contribution >= 0.6 is 23.2 Å². The SMILES string of the molecule is O=S(=O)(Oc1ccc(Cl)c(Cl)c1)c1ccc(S(=O)(=O)N2CCCC2)cc1. The molecule has 140 valence electrons. The van der Waals surface area contributed by atoms with Crippen LogP contribution in [0.2, 0.25) is 10.0 Å². The fraction of sp³-hybridized carbons (Fsp3) is 0.250. The summed E-state index contributed by atoms with van der Waals surface area (Å²) in [6.07, 6.45) is 1.65. The maximum absolute atomic E-state index is 12.5. The molecule has 0 spiro atoms. The fourth-order valence-corrected chi connectivity index (χ4v) is 5.29. The van der Waals surface area contributed by atoms with Crippen LogP contribution in [0.4, 0.5) is 0 Å². The third kappa shape index (κ3) is 3.99. The van der Waals surface area contributed by atoms with Crippen LogP contribution in [0.25, 0.3) is 0 Å². The van der Waals surface area contributed by atoms with E-state index in [9.17, 15) is 16.8 Å². The van der Waals surface area contributed by atoms with Crippen molar-refractivity contribution in [1.82, 2.24) is 4.31 Å². The van der Waals surface area contributed by atoms with Crippen molar-refractivity contribution in [2.24, 2.45) is 0 Å². The van der Waals surface area contributed by atoms with E-state index in [-0.39, 0.29) is 25.6 Å². The third-order valence-electron chi connectivity index (χ3n) is 3.91. The molecule has 0 aliphatic carbocycles. The summed E-state index contributed by atoms with van der Waals surface area (Å²) < 4.78 is 56.1. The quantitative estimate of drug-likeness (QED) is 0.670. The average Bonchev–Trinajstić information content (AvgIpc) is 3.13. The van der Waals surface area contributed by atoms with Crippen LogP contribution in [-0.4, -0.2) is 34.2 Å². The predicted molar refractivity (Wildman–Crippen MR) is 98.7 cm³/mol. The Bertz CT molecular complexity index is 1020. The van der Waals surface area contributed by atoms with Gasteiger partial charge in [0.2, 0.25) is 10.0 Å². The second kappa shape index (κ2) is 7.36. The summed E-state index contributed by atoms with van der Waals surface area (Å²) in [5, 5.41) is 0.430.